The van der Waals surface area contributed by atoms with Crippen LogP contribution in [0.15, 0.2) is 0 Å². The van der Waals surface area contributed by atoms with E-state index in [9.17, 15) is 4.57 Å². The summed E-state index contributed by atoms with van der Waals surface area (Å²) in [6.45, 7) is 0. The van der Waals surface area contributed by atoms with Crippen molar-refractivity contribution in [2.24, 2.45) is 5.90 Å². The monoisotopic (exact) mass is 249 g/mol. The zero-order valence-corrected chi connectivity index (χ0v) is 9.25. The highest BCUT2D eigenvalue weighted by molar-refractivity contribution is 7.37. The SMILES string of the molecule is C=P(=O)O.C=P(=O)O.C=P(=O)ON. The van der Waals surface area contributed by atoms with E-state index in [2.05, 4.69) is 29.4 Å². The van der Waals surface area contributed by atoms with Crippen molar-refractivity contribution in [1.82, 2.24) is 0 Å². The van der Waals surface area contributed by atoms with Crippen molar-refractivity contribution in [2.45, 2.75) is 0 Å². The smallest absolute Gasteiger partial charge is 0.248 e. The summed E-state index contributed by atoms with van der Waals surface area (Å²) in [5.41, 5.74) is 0. The van der Waals surface area contributed by atoms with Crippen molar-refractivity contribution >= 4 is 41.9 Å². The minimum atomic E-state index is -2.12. The molecular formula is C3H10NO6P3. The second-order valence-electron chi connectivity index (χ2n) is 1.14. The molecule has 0 fully saturated rings. The van der Waals surface area contributed by atoms with E-state index in [4.69, 9.17) is 18.9 Å². The van der Waals surface area contributed by atoms with Crippen LogP contribution in [0.2, 0.25) is 0 Å². The number of hydrogen-bond acceptors (Lipinski definition) is 5. The van der Waals surface area contributed by atoms with E-state index >= 15 is 0 Å². The molecule has 0 amide bonds. The summed E-state index contributed by atoms with van der Waals surface area (Å²) in [6, 6.07) is 0. The maximum Gasteiger partial charge on any atom is 0.248 e. The lowest BCUT2D eigenvalue weighted by Crippen LogP contribution is -1.81. The topological polar surface area (TPSA) is 127 Å². The van der Waals surface area contributed by atoms with Crippen LogP contribution in [0.1, 0.15) is 0 Å². The highest BCUT2D eigenvalue weighted by atomic mass is 31.1. The van der Waals surface area contributed by atoms with Crippen LogP contribution in [-0.4, -0.2) is 28.7 Å². The summed E-state index contributed by atoms with van der Waals surface area (Å²) >= 11 is 0. The molecule has 4 N–H and O–H groups in total. The lowest BCUT2D eigenvalue weighted by molar-refractivity contribution is 0.358. The Morgan fingerprint density at radius 3 is 1.08 bits per heavy atom. The number of rotatable bonds is 1. The Balaban J connectivity index is -0.000000117. The first-order valence-corrected chi connectivity index (χ1v) is 6.47. The summed E-state index contributed by atoms with van der Waals surface area (Å²) in [4.78, 5) is 14.9. The van der Waals surface area contributed by atoms with Crippen LogP contribution in [0, 0.1) is 0 Å². The molecule has 0 rings (SSSR count). The van der Waals surface area contributed by atoms with E-state index < -0.39 is 23.0 Å². The fourth-order valence-electron chi connectivity index (χ4n) is 0. The van der Waals surface area contributed by atoms with E-state index in [-0.39, 0.29) is 0 Å². The average Bonchev–Trinajstić information content (AvgIpc) is 1.84. The lowest BCUT2D eigenvalue weighted by atomic mass is 12.0. The first-order chi connectivity index (χ1) is 5.73. The molecule has 0 saturated heterocycles. The molecule has 3 atom stereocenters. The van der Waals surface area contributed by atoms with Crippen molar-refractivity contribution < 1.29 is 28.1 Å². The molecule has 7 nitrogen and oxygen atoms in total. The highest BCUT2D eigenvalue weighted by Crippen LogP contribution is 1.93. The van der Waals surface area contributed by atoms with Crippen LogP contribution in [0.4, 0.5) is 0 Å². The van der Waals surface area contributed by atoms with Gasteiger partial charge < -0.3 is 9.79 Å². The van der Waals surface area contributed by atoms with Gasteiger partial charge in [0.25, 0.3) is 0 Å². The fraction of sp³-hybridized carbons (Fsp3) is 0. The summed E-state index contributed by atoms with van der Waals surface area (Å²) in [5.74, 6) is 4.33. The Morgan fingerprint density at radius 2 is 1.08 bits per heavy atom. The van der Waals surface area contributed by atoms with E-state index in [0.29, 0.717) is 0 Å². The Bertz CT molecular complexity index is 256. The summed E-state index contributed by atoms with van der Waals surface area (Å²) in [7, 11) is -6.06. The molecule has 78 valence electrons. The molecule has 10 heteroatoms. The van der Waals surface area contributed by atoms with E-state index in [1.54, 1.807) is 0 Å². The van der Waals surface area contributed by atoms with Gasteiger partial charge in [-0.15, -0.1) is 0 Å². The zero-order valence-electron chi connectivity index (χ0n) is 6.57. The van der Waals surface area contributed by atoms with Gasteiger partial charge in [0, 0.05) is 0 Å². The Hall–Kier alpha value is -0.250. The van der Waals surface area contributed by atoms with E-state index in [0.717, 1.165) is 0 Å². The predicted octanol–water partition coefficient (Wildman–Crippen LogP) is 0.357. The van der Waals surface area contributed by atoms with Crippen molar-refractivity contribution in [3.8, 4) is 0 Å². The van der Waals surface area contributed by atoms with Gasteiger partial charge in [-0.25, -0.2) is 15.1 Å². The Labute approximate surface area is 76.6 Å². The average molecular weight is 249 g/mol. The molecule has 13 heavy (non-hydrogen) atoms. The largest absolute Gasteiger partial charge is 0.317 e. The second kappa shape index (κ2) is 14.3. The van der Waals surface area contributed by atoms with Crippen LogP contribution >= 0.6 is 23.0 Å². The molecule has 0 radical (unpaired) electrons. The van der Waals surface area contributed by atoms with Gasteiger partial charge in [-0.1, -0.05) is 0 Å². The maximum absolute atomic E-state index is 9.50. The molecule has 0 spiro atoms. The minimum Gasteiger partial charge on any atom is -0.317 e. The van der Waals surface area contributed by atoms with E-state index in [1.807, 2.05) is 0 Å². The third-order valence-corrected chi connectivity index (χ3v) is 0.353. The molecule has 0 aliphatic rings. The van der Waals surface area contributed by atoms with Crippen molar-refractivity contribution in [2.75, 3.05) is 0 Å². The number of nitrogens with two attached hydrogens (primary N) is 1. The van der Waals surface area contributed by atoms with Crippen LogP contribution in [0.3, 0.4) is 0 Å². The third-order valence-electron chi connectivity index (χ3n) is 0.118. The van der Waals surface area contributed by atoms with Gasteiger partial charge in [-0.3, -0.25) is 9.13 Å². The van der Waals surface area contributed by atoms with Gasteiger partial charge in [0.05, 0.1) is 0 Å². The van der Waals surface area contributed by atoms with Crippen molar-refractivity contribution in [3.63, 3.8) is 0 Å². The molecule has 0 aromatic carbocycles. The summed E-state index contributed by atoms with van der Waals surface area (Å²) in [5, 5.41) is 0. The van der Waals surface area contributed by atoms with Gasteiger partial charge in [-0.2, -0.15) is 0 Å². The highest BCUT2D eigenvalue weighted by Gasteiger charge is 1.61. The second-order valence-corrected chi connectivity index (χ2v) is 3.43. The quantitative estimate of drug-likeness (QED) is 0.452. The molecule has 0 aromatic rings. The first-order valence-electron chi connectivity index (χ1n) is 2.31. The first kappa shape index (κ1) is 18.5. The normalized spacial score (nSPS) is 10.8. The van der Waals surface area contributed by atoms with Crippen molar-refractivity contribution in [3.05, 3.63) is 0 Å². The standard InChI is InChI=1S/CH4NO2P.2CH3O2P/c1-5(3)4-2;2*1-4(2)3/h1-2H2;2*1H2,(H,2,3). The van der Waals surface area contributed by atoms with Crippen LogP contribution in [0.25, 0.3) is 0 Å². The Kier molecular flexibility index (Phi) is 20.3. The molecule has 0 heterocycles. The lowest BCUT2D eigenvalue weighted by Gasteiger charge is -1.68. The molecular weight excluding hydrogens is 239 g/mol. The van der Waals surface area contributed by atoms with Crippen LogP contribution < -0.4 is 5.90 Å². The van der Waals surface area contributed by atoms with Gasteiger partial charge in [-0.05, 0) is 18.9 Å². The molecule has 0 saturated carbocycles. The summed E-state index contributed by atoms with van der Waals surface area (Å²) in [6.07, 6.45) is 8.33. The minimum absolute atomic E-state index is 1.82. The van der Waals surface area contributed by atoms with Crippen LogP contribution in [-0.2, 0) is 18.3 Å². The molecule has 0 aliphatic heterocycles. The van der Waals surface area contributed by atoms with Gasteiger partial charge in [0.2, 0.25) is 23.0 Å². The molecule has 3 unspecified atom stereocenters. The van der Waals surface area contributed by atoms with Gasteiger partial charge in [0.15, 0.2) is 0 Å². The molecule has 0 aliphatic carbocycles. The summed E-state index contributed by atoms with van der Waals surface area (Å²) < 4.78 is 31.2. The fourth-order valence-corrected chi connectivity index (χ4v) is 0. The molecule has 0 bridgehead atoms. The Morgan fingerprint density at radius 1 is 1.00 bits per heavy atom. The molecule has 0 aromatic heterocycles. The van der Waals surface area contributed by atoms with Crippen LogP contribution in [0.5, 0.6) is 0 Å². The maximum atomic E-state index is 9.50. The predicted molar refractivity (Wildman–Crippen MR) is 53.9 cm³/mol. The third kappa shape index (κ3) is 365. The van der Waals surface area contributed by atoms with E-state index in [1.165, 1.54) is 0 Å². The van der Waals surface area contributed by atoms with Gasteiger partial charge >= 0.3 is 0 Å². The van der Waals surface area contributed by atoms with Crippen molar-refractivity contribution in [1.29, 1.82) is 0 Å². The zero-order chi connectivity index (χ0) is 11.4. The van der Waals surface area contributed by atoms with Gasteiger partial charge in [0.1, 0.15) is 0 Å². The number of hydrogen-bond donors (Lipinski definition) is 3.